The number of rotatable bonds is 8. The molecule has 1 aliphatic carbocycles. The standard InChI is InChI=1S/C26H30N2O6/c29-13-11-17-6-5-12-28(15-17)25(32)23(14-24(30)31)27-26(33)34-16-22-20-9-3-1-7-18(20)19-8-2-4-10-21(19)22/h1-4,7-10,17,22-23,29H,5-6,11-16H2,(H,27,33)(H,30,31). The molecule has 2 aromatic carbocycles. The number of nitrogens with zero attached hydrogens (tertiary/aromatic N) is 1. The van der Waals surface area contributed by atoms with Crippen molar-refractivity contribution in [2.24, 2.45) is 5.92 Å². The van der Waals surface area contributed by atoms with Crippen LogP contribution < -0.4 is 5.32 Å². The molecule has 3 N–H and O–H groups in total. The first kappa shape index (κ1) is 23.8. The third-order valence-electron chi connectivity index (χ3n) is 6.68. The van der Waals surface area contributed by atoms with E-state index in [4.69, 9.17) is 4.74 Å². The summed E-state index contributed by atoms with van der Waals surface area (Å²) in [5.74, 6) is -1.57. The molecule has 0 spiro atoms. The molecule has 1 aliphatic heterocycles. The van der Waals surface area contributed by atoms with E-state index in [0.29, 0.717) is 19.5 Å². The van der Waals surface area contributed by atoms with Crippen LogP contribution in [0.15, 0.2) is 48.5 Å². The third-order valence-corrected chi connectivity index (χ3v) is 6.68. The van der Waals surface area contributed by atoms with Crippen molar-refractivity contribution in [3.63, 3.8) is 0 Å². The summed E-state index contributed by atoms with van der Waals surface area (Å²) in [6.07, 6.45) is 0.942. The van der Waals surface area contributed by atoms with Crippen LogP contribution in [-0.4, -0.2) is 65.4 Å². The van der Waals surface area contributed by atoms with Crippen molar-refractivity contribution >= 4 is 18.0 Å². The number of alkyl carbamates (subject to hydrolysis) is 1. The van der Waals surface area contributed by atoms with Gasteiger partial charge in [-0.1, -0.05) is 48.5 Å². The maximum absolute atomic E-state index is 13.0. The molecule has 2 unspecified atom stereocenters. The van der Waals surface area contributed by atoms with E-state index >= 15 is 0 Å². The number of carboxylic acid groups (broad SMARTS) is 1. The Morgan fingerprint density at radius 2 is 1.71 bits per heavy atom. The summed E-state index contributed by atoms with van der Waals surface area (Å²) in [4.78, 5) is 38.7. The number of aliphatic hydroxyl groups excluding tert-OH is 1. The molecule has 1 fully saturated rings. The van der Waals surface area contributed by atoms with Gasteiger partial charge < -0.3 is 25.2 Å². The van der Waals surface area contributed by atoms with E-state index < -0.39 is 30.4 Å². The Bertz CT molecular complexity index is 1010. The number of benzene rings is 2. The van der Waals surface area contributed by atoms with Gasteiger partial charge in [-0.25, -0.2) is 4.79 Å². The fourth-order valence-corrected chi connectivity index (χ4v) is 5.06. The fourth-order valence-electron chi connectivity index (χ4n) is 5.06. The summed E-state index contributed by atoms with van der Waals surface area (Å²) in [6.45, 7) is 1.07. The second kappa shape index (κ2) is 10.7. The van der Waals surface area contributed by atoms with Crippen LogP contribution in [0.25, 0.3) is 11.1 Å². The molecule has 2 aliphatic rings. The van der Waals surface area contributed by atoms with Gasteiger partial charge in [0.2, 0.25) is 5.91 Å². The van der Waals surface area contributed by atoms with E-state index in [1.165, 1.54) is 0 Å². The SMILES string of the molecule is O=C(O)CC(NC(=O)OCC1c2ccccc2-c2ccccc21)C(=O)N1CCCC(CCO)C1. The van der Waals surface area contributed by atoms with Gasteiger partial charge >= 0.3 is 12.1 Å². The lowest BCUT2D eigenvalue weighted by Gasteiger charge is -2.34. The summed E-state index contributed by atoms with van der Waals surface area (Å²) >= 11 is 0. The summed E-state index contributed by atoms with van der Waals surface area (Å²) in [7, 11) is 0. The van der Waals surface area contributed by atoms with Gasteiger partial charge in [0.15, 0.2) is 0 Å². The van der Waals surface area contributed by atoms with Crippen LogP contribution in [-0.2, 0) is 14.3 Å². The van der Waals surface area contributed by atoms with E-state index in [-0.39, 0.29) is 25.0 Å². The van der Waals surface area contributed by atoms with Crippen molar-refractivity contribution < 1.29 is 29.3 Å². The maximum Gasteiger partial charge on any atom is 0.407 e. The number of piperidine rings is 1. The average molecular weight is 467 g/mol. The predicted molar refractivity (Wildman–Crippen MR) is 125 cm³/mol. The summed E-state index contributed by atoms with van der Waals surface area (Å²) < 4.78 is 5.50. The molecule has 2 aromatic rings. The smallest absolute Gasteiger partial charge is 0.407 e. The Morgan fingerprint density at radius 3 is 2.32 bits per heavy atom. The zero-order valence-corrected chi connectivity index (χ0v) is 19.0. The van der Waals surface area contributed by atoms with Gasteiger partial charge in [0.1, 0.15) is 12.6 Å². The molecule has 1 saturated heterocycles. The third kappa shape index (κ3) is 5.22. The van der Waals surface area contributed by atoms with Gasteiger partial charge in [-0.15, -0.1) is 0 Å². The highest BCUT2D eigenvalue weighted by Crippen LogP contribution is 2.44. The number of likely N-dealkylation sites (tertiary alicyclic amines) is 1. The summed E-state index contributed by atoms with van der Waals surface area (Å²) in [5.41, 5.74) is 4.35. The minimum absolute atomic E-state index is 0.0449. The lowest BCUT2D eigenvalue weighted by molar-refractivity contribution is -0.143. The van der Waals surface area contributed by atoms with Crippen LogP contribution in [0.3, 0.4) is 0 Å². The van der Waals surface area contributed by atoms with E-state index in [9.17, 15) is 24.6 Å². The number of nitrogens with one attached hydrogen (secondary N) is 1. The predicted octanol–water partition coefficient (Wildman–Crippen LogP) is 2.99. The topological polar surface area (TPSA) is 116 Å². The molecular formula is C26H30N2O6. The number of carbonyl (C=O) groups is 3. The van der Waals surface area contributed by atoms with Crippen molar-refractivity contribution in [1.82, 2.24) is 10.2 Å². The van der Waals surface area contributed by atoms with Crippen LogP contribution in [0.5, 0.6) is 0 Å². The highest BCUT2D eigenvalue weighted by molar-refractivity contribution is 5.89. The summed E-state index contributed by atoms with van der Waals surface area (Å²) in [5, 5.41) is 21.0. The van der Waals surface area contributed by atoms with Crippen molar-refractivity contribution in [3.05, 3.63) is 59.7 Å². The normalized spacial score (nSPS) is 18.0. The molecule has 180 valence electrons. The molecule has 8 nitrogen and oxygen atoms in total. The van der Waals surface area contributed by atoms with Crippen molar-refractivity contribution in [3.8, 4) is 11.1 Å². The minimum atomic E-state index is -1.21. The lowest BCUT2D eigenvalue weighted by Crippen LogP contribution is -2.52. The van der Waals surface area contributed by atoms with E-state index in [1.54, 1.807) is 4.90 Å². The molecule has 0 saturated carbocycles. The van der Waals surface area contributed by atoms with E-state index in [1.807, 2.05) is 48.5 Å². The maximum atomic E-state index is 13.0. The van der Waals surface area contributed by atoms with Crippen molar-refractivity contribution in [2.45, 2.75) is 37.6 Å². The molecule has 8 heteroatoms. The fraction of sp³-hybridized carbons (Fsp3) is 0.423. The Balaban J connectivity index is 1.41. The molecule has 34 heavy (non-hydrogen) atoms. The Morgan fingerprint density at radius 1 is 1.06 bits per heavy atom. The van der Waals surface area contributed by atoms with Crippen LogP contribution in [0, 0.1) is 5.92 Å². The number of carbonyl (C=O) groups excluding carboxylic acids is 2. The number of hydrogen-bond acceptors (Lipinski definition) is 5. The van der Waals surface area contributed by atoms with Gasteiger partial charge in [0.25, 0.3) is 0 Å². The van der Waals surface area contributed by atoms with Crippen LogP contribution in [0.2, 0.25) is 0 Å². The Labute approximate surface area is 198 Å². The lowest BCUT2D eigenvalue weighted by atomic mass is 9.94. The molecular weight excluding hydrogens is 436 g/mol. The number of fused-ring (bicyclic) bond motifs is 3. The van der Waals surface area contributed by atoms with Crippen LogP contribution in [0.1, 0.15) is 42.7 Å². The number of amides is 2. The minimum Gasteiger partial charge on any atom is -0.481 e. The molecule has 0 aromatic heterocycles. The number of hydrogen-bond donors (Lipinski definition) is 3. The van der Waals surface area contributed by atoms with Crippen LogP contribution >= 0.6 is 0 Å². The second-order valence-electron chi connectivity index (χ2n) is 8.93. The van der Waals surface area contributed by atoms with Gasteiger partial charge in [0.05, 0.1) is 6.42 Å². The molecule has 0 bridgehead atoms. The molecule has 1 heterocycles. The van der Waals surface area contributed by atoms with E-state index in [0.717, 1.165) is 35.1 Å². The van der Waals surface area contributed by atoms with Gasteiger partial charge in [0, 0.05) is 25.6 Å². The highest BCUT2D eigenvalue weighted by Gasteiger charge is 2.33. The monoisotopic (exact) mass is 466 g/mol. The van der Waals surface area contributed by atoms with Crippen molar-refractivity contribution in [2.75, 3.05) is 26.3 Å². The zero-order chi connectivity index (χ0) is 24.1. The number of ether oxygens (including phenoxy) is 1. The second-order valence-corrected chi connectivity index (χ2v) is 8.93. The Kier molecular flexibility index (Phi) is 7.47. The number of aliphatic carboxylic acids is 1. The van der Waals surface area contributed by atoms with Gasteiger partial charge in [-0.2, -0.15) is 0 Å². The van der Waals surface area contributed by atoms with Gasteiger partial charge in [-0.05, 0) is 47.4 Å². The van der Waals surface area contributed by atoms with Gasteiger partial charge in [-0.3, -0.25) is 9.59 Å². The molecule has 0 radical (unpaired) electrons. The highest BCUT2D eigenvalue weighted by atomic mass is 16.5. The zero-order valence-electron chi connectivity index (χ0n) is 19.0. The quantitative estimate of drug-likeness (QED) is 0.551. The first-order valence-corrected chi connectivity index (χ1v) is 11.7. The van der Waals surface area contributed by atoms with Crippen molar-refractivity contribution in [1.29, 1.82) is 0 Å². The first-order chi connectivity index (χ1) is 16.5. The van der Waals surface area contributed by atoms with E-state index in [2.05, 4.69) is 5.32 Å². The number of carboxylic acids is 1. The molecule has 2 atom stereocenters. The largest absolute Gasteiger partial charge is 0.481 e. The van der Waals surface area contributed by atoms with Crippen LogP contribution in [0.4, 0.5) is 4.79 Å². The Hall–Kier alpha value is -3.39. The first-order valence-electron chi connectivity index (χ1n) is 11.7. The summed E-state index contributed by atoms with van der Waals surface area (Å²) in [6, 6.07) is 14.7. The average Bonchev–Trinajstić information content (AvgIpc) is 3.16. The molecule has 4 rings (SSSR count). The number of aliphatic hydroxyl groups is 1. The molecule has 2 amide bonds.